The summed E-state index contributed by atoms with van der Waals surface area (Å²) in [5, 5.41) is 7.41. The van der Waals surface area contributed by atoms with Crippen molar-refractivity contribution in [2.75, 3.05) is 32.8 Å². The average molecular weight is 308 g/mol. The number of aromatic nitrogens is 2. The summed E-state index contributed by atoms with van der Waals surface area (Å²) in [5.74, 6) is 0.0131. The van der Waals surface area contributed by atoms with Crippen molar-refractivity contribution in [1.82, 2.24) is 20.0 Å². The Balaban J connectivity index is 1.89. The van der Waals surface area contributed by atoms with Gasteiger partial charge in [0.1, 0.15) is 6.54 Å². The van der Waals surface area contributed by atoms with Crippen LogP contribution in [0.4, 0.5) is 0 Å². The van der Waals surface area contributed by atoms with Crippen molar-refractivity contribution in [3.8, 4) is 0 Å². The molecular weight excluding hydrogens is 280 g/mol. The van der Waals surface area contributed by atoms with E-state index >= 15 is 0 Å². The largest absolute Gasteiger partial charge is 0.379 e. The van der Waals surface area contributed by atoms with E-state index < -0.39 is 0 Å². The lowest BCUT2D eigenvalue weighted by molar-refractivity contribution is -0.122. The molecule has 0 saturated carbocycles. The highest BCUT2D eigenvalue weighted by Gasteiger charge is 2.31. The van der Waals surface area contributed by atoms with Crippen LogP contribution in [0, 0.1) is 13.8 Å². The number of ether oxygens (including phenoxy) is 1. The number of nitrogens with one attached hydrogen (secondary N) is 1. The maximum Gasteiger partial charge on any atom is 0.241 e. The van der Waals surface area contributed by atoms with Crippen LogP contribution in [-0.2, 0) is 16.1 Å². The van der Waals surface area contributed by atoms with Gasteiger partial charge in [0.05, 0.1) is 18.9 Å². The monoisotopic (exact) mass is 308 g/mol. The molecule has 0 unspecified atom stereocenters. The van der Waals surface area contributed by atoms with Crippen LogP contribution in [0.1, 0.15) is 31.7 Å². The third-order valence-corrected chi connectivity index (χ3v) is 4.60. The molecule has 1 atom stereocenters. The molecule has 6 heteroatoms. The first-order valence-corrected chi connectivity index (χ1v) is 8.05. The highest BCUT2D eigenvalue weighted by molar-refractivity contribution is 5.75. The van der Waals surface area contributed by atoms with Crippen LogP contribution in [0.15, 0.2) is 6.07 Å². The van der Waals surface area contributed by atoms with Crippen LogP contribution >= 0.6 is 0 Å². The standard InChI is InChI=1S/C16H28N4O2/c1-5-16(4,19-6-8-22-9-7-19)12-17-15(21)11-20-14(3)10-13(2)18-20/h10H,5-9,11-12H2,1-4H3,(H,17,21)/t16-/m0/s1. The average Bonchev–Trinajstić information content (AvgIpc) is 2.83. The van der Waals surface area contributed by atoms with Crippen molar-refractivity contribution < 1.29 is 9.53 Å². The lowest BCUT2D eigenvalue weighted by atomic mass is 9.95. The third kappa shape index (κ3) is 4.08. The molecule has 124 valence electrons. The fourth-order valence-electron chi connectivity index (χ4n) is 2.88. The molecule has 0 spiro atoms. The van der Waals surface area contributed by atoms with E-state index in [1.807, 2.05) is 19.9 Å². The highest BCUT2D eigenvalue weighted by atomic mass is 16.5. The Morgan fingerprint density at radius 1 is 1.41 bits per heavy atom. The number of aryl methyl sites for hydroxylation is 2. The zero-order chi connectivity index (χ0) is 16.2. The molecule has 0 radical (unpaired) electrons. The van der Waals surface area contributed by atoms with Gasteiger partial charge in [0.2, 0.25) is 5.91 Å². The number of hydrogen-bond donors (Lipinski definition) is 1. The molecule has 1 aromatic rings. The number of rotatable bonds is 6. The fourth-order valence-corrected chi connectivity index (χ4v) is 2.88. The molecule has 2 rings (SSSR count). The van der Waals surface area contributed by atoms with Gasteiger partial charge in [-0.05, 0) is 33.3 Å². The molecule has 0 aromatic carbocycles. The van der Waals surface area contributed by atoms with E-state index in [1.165, 1.54) is 0 Å². The molecule has 1 amide bonds. The lowest BCUT2D eigenvalue weighted by Gasteiger charge is -2.43. The van der Waals surface area contributed by atoms with E-state index in [4.69, 9.17) is 4.74 Å². The second-order valence-corrected chi connectivity index (χ2v) is 6.31. The van der Waals surface area contributed by atoms with E-state index in [2.05, 4.69) is 29.2 Å². The minimum absolute atomic E-state index is 0.0131. The Kier molecular flexibility index (Phi) is 5.58. The molecule has 6 nitrogen and oxygen atoms in total. The van der Waals surface area contributed by atoms with Gasteiger partial charge < -0.3 is 10.1 Å². The molecule has 0 aliphatic carbocycles. The van der Waals surface area contributed by atoms with Crippen molar-refractivity contribution in [2.45, 2.75) is 46.2 Å². The number of nitrogens with zero attached hydrogens (tertiary/aromatic N) is 3. The molecule has 22 heavy (non-hydrogen) atoms. The molecule has 0 bridgehead atoms. The quantitative estimate of drug-likeness (QED) is 0.855. The summed E-state index contributed by atoms with van der Waals surface area (Å²) in [5.41, 5.74) is 1.94. The van der Waals surface area contributed by atoms with Gasteiger partial charge in [-0.25, -0.2) is 0 Å². The van der Waals surface area contributed by atoms with Gasteiger partial charge in [-0.2, -0.15) is 5.10 Å². The Hall–Kier alpha value is -1.40. The van der Waals surface area contributed by atoms with Crippen molar-refractivity contribution in [2.24, 2.45) is 0 Å². The second-order valence-electron chi connectivity index (χ2n) is 6.31. The third-order valence-electron chi connectivity index (χ3n) is 4.60. The Morgan fingerprint density at radius 3 is 2.64 bits per heavy atom. The predicted octanol–water partition coefficient (Wildman–Crippen LogP) is 1.12. The molecular formula is C16H28N4O2. The number of hydrogen-bond acceptors (Lipinski definition) is 4. The summed E-state index contributed by atoms with van der Waals surface area (Å²) in [6.07, 6.45) is 0.993. The van der Waals surface area contributed by atoms with Gasteiger partial charge >= 0.3 is 0 Å². The molecule has 1 aliphatic rings. The molecule has 1 N–H and O–H groups in total. The number of amides is 1. The number of carbonyl (C=O) groups excluding carboxylic acids is 1. The summed E-state index contributed by atoms with van der Waals surface area (Å²) >= 11 is 0. The highest BCUT2D eigenvalue weighted by Crippen LogP contribution is 2.19. The minimum Gasteiger partial charge on any atom is -0.379 e. The van der Waals surface area contributed by atoms with Gasteiger partial charge in [0, 0.05) is 30.9 Å². The molecule has 1 saturated heterocycles. The van der Waals surface area contributed by atoms with Crippen LogP contribution < -0.4 is 5.32 Å². The van der Waals surface area contributed by atoms with Crippen LogP contribution in [0.5, 0.6) is 0 Å². The van der Waals surface area contributed by atoms with E-state index in [0.717, 1.165) is 44.1 Å². The van der Waals surface area contributed by atoms with E-state index in [0.29, 0.717) is 6.54 Å². The van der Waals surface area contributed by atoms with E-state index in [-0.39, 0.29) is 18.0 Å². The zero-order valence-corrected chi connectivity index (χ0v) is 14.2. The molecule has 1 fully saturated rings. The minimum atomic E-state index is -0.0193. The first kappa shape index (κ1) is 17.0. The summed E-state index contributed by atoms with van der Waals surface area (Å²) in [6.45, 7) is 12.6. The van der Waals surface area contributed by atoms with Crippen LogP contribution in [-0.4, -0.2) is 59.0 Å². The normalized spacial score (nSPS) is 18.9. The summed E-state index contributed by atoms with van der Waals surface area (Å²) in [4.78, 5) is 14.6. The van der Waals surface area contributed by atoms with Gasteiger partial charge in [0.25, 0.3) is 0 Å². The van der Waals surface area contributed by atoms with E-state index in [1.54, 1.807) is 4.68 Å². The number of morpholine rings is 1. The van der Waals surface area contributed by atoms with Crippen molar-refractivity contribution in [1.29, 1.82) is 0 Å². The topological polar surface area (TPSA) is 59.4 Å². The summed E-state index contributed by atoms with van der Waals surface area (Å²) in [7, 11) is 0. The Morgan fingerprint density at radius 2 is 2.09 bits per heavy atom. The van der Waals surface area contributed by atoms with Gasteiger partial charge in [-0.3, -0.25) is 14.4 Å². The Labute approximate surface area is 132 Å². The lowest BCUT2D eigenvalue weighted by Crippen LogP contribution is -2.57. The SMILES string of the molecule is CC[C@@](C)(CNC(=O)Cn1nc(C)cc1C)N1CCOCC1. The second kappa shape index (κ2) is 7.24. The van der Waals surface area contributed by atoms with Crippen molar-refractivity contribution in [3.05, 3.63) is 17.5 Å². The van der Waals surface area contributed by atoms with Crippen LogP contribution in [0.25, 0.3) is 0 Å². The van der Waals surface area contributed by atoms with Crippen molar-refractivity contribution >= 4 is 5.91 Å². The van der Waals surface area contributed by atoms with Crippen LogP contribution in [0.3, 0.4) is 0 Å². The smallest absolute Gasteiger partial charge is 0.241 e. The molecule has 1 aromatic heterocycles. The maximum atomic E-state index is 12.2. The Bertz CT molecular complexity index is 508. The summed E-state index contributed by atoms with van der Waals surface area (Å²) in [6, 6.07) is 1.98. The number of carbonyl (C=O) groups is 1. The zero-order valence-electron chi connectivity index (χ0n) is 14.2. The predicted molar refractivity (Wildman–Crippen MR) is 85.8 cm³/mol. The molecule has 2 heterocycles. The first-order valence-electron chi connectivity index (χ1n) is 8.05. The van der Waals surface area contributed by atoms with E-state index in [9.17, 15) is 4.79 Å². The van der Waals surface area contributed by atoms with Gasteiger partial charge in [-0.1, -0.05) is 6.92 Å². The first-order chi connectivity index (χ1) is 10.4. The maximum absolute atomic E-state index is 12.2. The molecule has 1 aliphatic heterocycles. The van der Waals surface area contributed by atoms with Crippen LogP contribution in [0.2, 0.25) is 0 Å². The van der Waals surface area contributed by atoms with Gasteiger partial charge in [0.15, 0.2) is 0 Å². The summed E-state index contributed by atoms with van der Waals surface area (Å²) < 4.78 is 7.17. The van der Waals surface area contributed by atoms with Crippen molar-refractivity contribution in [3.63, 3.8) is 0 Å². The van der Waals surface area contributed by atoms with Gasteiger partial charge in [-0.15, -0.1) is 0 Å². The fraction of sp³-hybridized carbons (Fsp3) is 0.750.